The summed E-state index contributed by atoms with van der Waals surface area (Å²) >= 11 is 0. The van der Waals surface area contributed by atoms with E-state index in [4.69, 9.17) is 19.0 Å². The molecule has 33 heavy (non-hydrogen) atoms. The molecule has 0 aliphatic carbocycles. The van der Waals surface area contributed by atoms with E-state index in [9.17, 15) is 9.59 Å². The molecule has 0 saturated heterocycles. The Morgan fingerprint density at radius 3 is 2.64 bits per heavy atom. The van der Waals surface area contributed by atoms with Gasteiger partial charge >= 0.3 is 11.9 Å². The van der Waals surface area contributed by atoms with Crippen molar-refractivity contribution in [3.05, 3.63) is 47.8 Å². The third-order valence-corrected chi connectivity index (χ3v) is 5.05. The van der Waals surface area contributed by atoms with Crippen molar-refractivity contribution >= 4 is 29.1 Å². The van der Waals surface area contributed by atoms with Gasteiger partial charge in [-0.3, -0.25) is 4.79 Å². The molecule has 2 aromatic heterocycles. The summed E-state index contributed by atoms with van der Waals surface area (Å²) in [6.07, 6.45) is 4.99. The van der Waals surface area contributed by atoms with Gasteiger partial charge in [0.1, 0.15) is 17.5 Å². The second-order valence-electron chi connectivity index (χ2n) is 7.69. The average molecular weight is 453 g/mol. The Bertz CT molecular complexity index is 1140. The van der Waals surface area contributed by atoms with Crippen molar-refractivity contribution in [1.82, 2.24) is 9.97 Å². The van der Waals surface area contributed by atoms with Crippen LogP contribution in [0.2, 0.25) is 0 Å². The van der Waals surface area contributed by atoms with Crippen molar-refractivity contribution in [3.8, 4) is 17.2 Å². The molecule has 3 aromatic rings. The fourth-order valence-corrected chi connectivity index (χ4v) is 3.44. The number of hydrogen-bond acceptors (Lipinski definition) is 7. The minimum atomic E-state index is -0.804. The monoisotopic (exact) mass is 452 g/mol. The number of benzene rings is 1. The predicted octanol–water partition coefficient (Wildman–Crippen LogP) is 5.27. The summed E-state index contributed by atoms with van der Waals surface area (Å²) < 4.78 is 17.3. The van der Waals surface area contributed by atoms with Crippen LogP contribution in [0.15, 0.2) is 46.6 Å². The standard InChI is InChI=1S/C25H28N2O6/c1-4-31-25(30)16(2)14-19-21-23(32-17(3)10-8-9-13-20(28)29)26-15-27-24(21)33-22(19)18-11-6-5-7-12-18/h5-7,11-12,14-15,17H,4,8-10,13H2,1-3H3,(H,28,29)/b16-14+/t17-/m1/s1. The van der Waals surface area contributed by atoms with Gasteiger partial charge in [0.05, 0.1) is 12.7 Å². The molecule has 0 bridgehead atoms. The SMILES string of the molecule is CCOC(=O)/C(C)=C/c1c(-c2ccccc2)oc2ncnc(O[C@H](C)CCCCC(=O)O)c12. The first-order valence-electron chi connectivity index (χ1n) is 11.0. The zero-order valence-electron chi connectivity index (χ0n) is 19.0. The number of carboxylic acids is 1. The van der Waals surface area contributed by atoms with E-state index in [0.29, 0.717) is 46.7 Å². The zero-order chi connectivity index (χ0) is 23.8. The number of rotatable bonds is 11. The highest BCUT2D eigenvalue weighted by Gasteiger charge is 2.22. The maximum atomic E-state index is 12.3. The largest absolute Gasteiger partial charge is 0.481 e. The molecule has 0 amide bonds. The average Bonchev–Trinajstić information content (AvgIpc) is 3.16. The van der Waals surface area contributed by atoms with Gasteiger partial charge < -0.3 is 19.0 Å². The van der Waals surface area contributed by atoms with Crippen LogP contribution in [-0.2, 0) is 14.3 Å². The molecule has 0 fully saturated rings. The number of ether oxygens (including phenoxy) is 2. The van der Waals surface area contributed by atoms with E-state index in [1.165, 1.54) is 6.33 Å². The smallest absolute Gasteiger partial charge is 0.333 e. The zero-order valence-corrected chi connectivity index (χ0v) is 19.0. The highest BCUT2D eigenvalue weighted by Crippen LogP contribution is 2.38. The van der Waals surface area contributed by atoms with Crippen molar-refractivity contribution in [2.45, 2.75) is 52.6 Å². The first-order valence-corrected chi connectivity index (χ1v) is 11.0. The lowest BCUT2D eigenvalue weighted by molar-refractivity contribution is -0.138. The minimum absolute atomic E-state index is 0.134. The van der Waals surface area contributed by atoms with Crippen LogP contribution in [0.1, 0.15) is 52.0 Å². The Labute approximate surface area is 192 Å². The van der Waals surface area contributed by atoms with Crippen LogP contribution < -0.4 is 4.74 Å². The van der Waals surface area contributed by atoms with Gasteiger partial charge in [0.2, 0.25) is 11.6 Å². The summed E-state index contributed by atoms with van der Waals surface area (Å²) in [6.45, 7) is 5.62. The van der Waals surface area contributed by atoms with Crippen molar-refractivity contribution in [2.24, 2.45) is 0 Å². The molecule has 0 radical (unpaired) electrons. The molecule has 0 spiro atoms. The van der Waals surface area contributed by atoms with E-state index < -0.39 is 11.9 Å². The number of carboxylic acid groups (broad SMARTS) is 1. The van der Waals surface area contributed by atoms with Gasteiger partial charge in [-0.1, -0.05) is 30.3 Å². The lowest BCUT2D eigenvalue weighted by Gasteiger charge is -2.14. The molecule has 0 aliphatic heterocycles. The second-order valence-corrected chi connectivity index (χ2v) is 7.69. The van der Waals surface area contributed by atoms with Crippen LogP contribution in [0.4, 0.5) is 0 Å². The van der Waals surface area contributed by atoms with Gasteiger partial charge in [-0.15, -0.1) is 0 Å². The Morgan fingerprint density at radius 1 is 1.18 bits per heavy atom. The highest BCUT2D eigenvalue weighted by molar-refractivity contribution is 6.01. The summed E-state index contributed by atoms with van der Waals surface area (Å²) in [7, 11) is 0. The number of fused-ring (bicyclic) bond motifs is 1. The highest BCUT2D eigenvalue weighted by atomic mass is 16.5. The molecular weight excluding hydrogens is 424 g/mol. The van der Waals surface area contributed by atoms with Crippen LogP contribution in [0, 0.1) is 0 Å². The molecule has 0 aliphatic rings. The van der Waals surface area contributed by atoms with Gasteiger partial charge in [0.25, 0.3) is 0 Å². The van der Waals surface area contributed by atoms with Crippen LogP contribution in [-0.4, -0.2) is 39.7 Å². The van der Waals surface area contributed by atoms with Crippen molar-refractivity contribution < 1.29 is 28.6 Å². The van der Waals surface area contributed by atoms with E-state index in [2.05, 4.69) is 9.97 Å². The third kappa shape index (κ3) is 6.19. The number of carbonyl (C=O) groups is 2. The van der Waals surface area contributed by atoms with E-state index in [1.807, 2.05) is 37.3 Å². The van der Waals surface area contributed by atoms with Gasteiger partial charge in [-0.25, -0.2) is 14.8 Å². The number of esters is 1. The topological polar surface area (TPSA) is 112 Å². The van der Waals surface area contributed by atoms with Gasteiger partial charge in [-0.2, -0.15) is 0 Å². The quantitative estimate of drug-likeness (QED) is 0.238. The van der Waals surface area contributed by atoms with Crippen molar-refractivity contribution in [3.63, 3.8) is 0 Å². The van der Waals surface area contributed by atoms with Crippen LogP contribution in [0.3, 0.4) is 0 Å². The number of hydrogen-bond donors (Lipinski definition) is 1. The molecule has 0 unspecified atom stereocenters. The number of aliphatic carboxylic acids is 1. The number of furan rings is 1. The molecule has 2 heterocycles. The van der Waals surface area contributed by atoms with Gasteiger partial charge in [0.15, 0.2) is 0 Å². The Kier molecular flexibility index (Phi) is 8.18. The summed E-state index contributed by atoms with van der Waals surface area (Å²) in [5.41, 5.74) is 2.22. The first kappa shape index (κ1) is 24.0. The molecule has 1 aromatic carbocycles. The minimum Gasteiger partial charge on any atom is -0.481 e. The van der Waals surface area contributed by atoms with Crippen LogP contribution in [0.25, 0.3) is 28.5 Å². The summed E-state index contributed by atoms with van der Waals surface area (Å²) in [4.78, 5) is 31.6. The summed E-state index contributed by atoms with van der Waals surface area (Å²) in [5.74, 6) is -0.327. The molecule has 1 N–H and O–H groups in total. The molecule has 1 atom stereocenters. The summed E-state index contributed by atoms with van der Waals surface area (Å²) in [6, 6.07) is 9.53. The Hall–Kier alpha value is -3.68. The first-order chi connectivity index (χ1) is 15.9. The third-order valence-electron chi connectivity index (χ3n) is 5.05. The molecular formula is C25H28N2O6. The molecule has 3 rings (SSSR count). The van der Waals surface area contributed by atoms with E-state index in [1.54, 1.807) is 19.9 Å². The van der Waals surface area contributed by atoms with Gasteiger partial charge in [0, 0.05) is 23.1 Å². The van der Waals surface area contributed by atoms with Crippen molar-refractivity contribution in [2.75, 3.05) is 6.61 Å². The molecule has 0 saturated carbocycles. The van der Waals surface area contributed by atoms with Crippen LogP contribution in [0.5, 0.6) is 5.88 Å². The number of aromatic nitrogens is 2. The lowest BCUT2D eigenvalue weighted by atomic mass is 10.0. The number of unbranched alkanes of at least 4 members (excludes halogenated alkanes) is 1. The van der Waals surface area contributed by atoms with E-state index in [0.717, 1.165) is 12.0 Å². The molecule has 8 heteroatoms. The Morgan fingerprint density at radius 2 is 1.94 bits per heavy atom. The second kappa shape index (κ2) is 11.3. The fourth-order valence-electron chi connectivity index (χ4n) is 3.44. The van der Waals surface area contributed by atoms with Gasteiger partial charge in [-0.05, 0) is 46.1 Å². The number of nitrogens with zero attached hydrogens (tertiary/aromatic N) is 2. The normalized spacial score (nSPS) is 12.5. The lowest BCUT2D eigenvalue weighted by Crippen LogP contribution is -2.13. The Balaban J connectivity index is 2.00. The number of carbonyl (C=O) groups excluding carboxylic acids is 1. The fraction of sp³-hybridized carbons (Fsp3) is 0.360. The molecule has 174 valence electrons. The van der Waals surface area contributed by atoms with E-state index in [-0.39, 0.29) is 19.1 Å². The van der Waals surface area contributed by atoms with E-state index >= 15 is 0 Å². The maximum Gasteiger partial charge on any atom is 0.333 e. The predicted molar refractivity (Wildman–Crippen MR) is 124 cm³/mol. The molecule has 8 nitrogen and oxygen atoms in total. The summed E-state index contributed by atoms with van der Waals surface area (Å²) in [5, 5.41) is 9.37. The maximum absolute atomic E-state index is 12.3. The van der Waals surface area contributed by atoms with Crippen LogP contribution >= 0.6 is 0 Å². The van der Waals surface area contributed by atoms with Crippen molar-refractivity contribution in [1.29, 1.82) is 0 Å².